The van der Waals surface area contributed by atoms with Crippen LogP contribution in [0.25, 0.3) is 0 Å². The third kappa shape index (κ3) is 20.3. The molecule has 0 spiro atoms. The highest BCUT2D eigenvalue weighted by atomic mass is 79.9. The number of pyridine rings is 2. The number of unbranched alkanes of at least 4 members (excludes halogenated alkanes) is 11. The number of carbonyl (C=O) groups excluding carboxylic acids is 2. The standard InChI is InChI=1S/C34H47FN4O4S.C23H25BrFN5O4S.2H3P/c1-4-6-7-8-9-10-11-12-13-14-15-16-18-27-23-31(43-3)30(24-29(27)35)39(34(40)5-2)33-20-19-28(25-38-33)44(41,42)26-32-36-21-17-22-37-32;1-23(2,3)29(4)22(31)30(18-12-17(25)16(24)11-19(18)34-5)21-8-7-15(13-28-21)35(32,33)14-20-26-9-6-10-27-20;;/h17,19-25H,4-16,18,26H2,1-3H3;6-13H,14H2,1-5H3;2*1H3. The fourth-order valence-electron chi connectivity index (χ4n) is 8.13. The molecule has 4 heterocycles. The minimum absolute atomic E-state index is 0. The summed E-state index contributed by atoms with van der Waals surface area (Å²) in [5, 5.41) is 0. The number of ether oxygens (including phenoxy) is 2. The molecule has 6 aromatic rings. The molecule has 0 aliphatic carbocycles. The molecule has 0 N–H and O–H groups in total. The summed E-state index contributed by atoms with van der Waals surface area (Å²) >= 11 is 3.12. The van der Waals surface area contributed by atoms with Gasteiger partial charge in [-0.15, -0.1) is 0 Å². The van der Waals surface area contributed by atoms with Crippen LogP contribution >= 0.6 is 35.7 Å². The van der Waals surface area contributed by atoms with Crippen molar-refractivity contribution in [2.24, 2.45) is 0 Å². The molecule has 0 bridgehead atoms. The summed E-state index contributed by atoms with van der Waals surface area (Å²) in [6.45, 7) is 9.47. The average Bonchev–Trinajstić information content (AvgIpc) is 3.44. The van der Waals surface area contributed by atoms with Crippen LogP contribution in [0.2, 0.25) is 0 Å². The van der Waals surface area contributed by atoms with Gasteiger partial charge in [0.1, 0.15) is 57.9 Å². The Labute approximate surface area is 492 Å². The molecule has 0 saturated carbocycles. The van der Waals surface area contributed by atoms with Gasteiger partial charge in [0.15, 0.2) is 19.7 Å². The molecule has 0 saturated heterocycles. The number of halogens is 3. The summed E-state index contributed by atoms with van der Waals surface area (Å²) in [5.74, 6) is -1.02. The molecule has 2 aromatic carbocycles. The Kier molecular flexibility index (Phi) is 28.7. The number of urea groups is 1. The molecule has 6 rings (SSSR count). The number of hydrogen-bond donors (Lipinski definition) is 0. The fourth-order valence-corrected chi connectivity index (χ4v) is 10.7. The van der Waals surface area contributed by atoms with Gasteiger partial charge in [0.2, 0.25) is 5.91 Å². The Hall–Kier alpha value is -5.66. The summed E-state index contributed by atoms with van der Waals surface area (Å²) in [6.07, 6.45) is 23.7. The zero-order valence-electron chi connectivity index (χ0n) is 47.7. The van der Waals surface area contributed by atoms with Crippen molar-refractivity contribution >= 4 is 90.4 Å². The molecule has 3 amide bonds. The summed E-state index contributed by atoms with van der Waals surface area (Å²) in [6, 6.07) is 13.7. The summed E-state index contributed by atoms with van der Waals surface area (Å²) in [7, 11) is -3.08. The number of anilines is 4. The lowest BCUT2D eigenvalue weighted by Crippen LogP contribution is -2.48. The van der Waals surface area contributed by atoms with E-state index in [1.165, 1.54) is 154 Å². The van der Waals surface area contributed by atoms with E-state index < -0.39 is 48.6 Å². The van der Waals surface area contributed by atoms with Crippen LogP contribution in [0.3, 0.4) is 0 Å². The zero-order valence-corrected chi connectivity index (χ0v) is 53.8. The second kappa shape index (κ2) is 33.4. The van der Waals surface area contributed by atoms with E-state index in [1.54, 1.807) is 32.2 Å². The molecule has 0 radical (unpaired) electrons. The molecule has 81 heavy (non-hydrogen) atoms. The monoisotopic (exact) mass is 1260 g/mol. The summed E-state index contributed by atoms with van der Waals surface area (Å²) in [5.41, 5.74) is 0.292. The predicted molar refractivity (Wildman–Crippen MR) is 327 cm³/mol. The first kappa shape index (κ1) is 69.6. The van der Waals surface area contributed by atoms with Gasteiger partial charge in [-0.1, -0.05) is 84.5 Å². The molecule has 2 unspecified atom stereocenters. The molecule has 442 valence electrons. The van der Waals surface area contributed by atoms with Crippen molar-refractivity contribution in [1.29, 1.82) is 0 Å². The molecule has 2 atom stereocenters. The summed E-state index contributed by atoms with van der Waals surface area (Å²) in [4.78, 5) is 54.8. The minimum Gasteiger partial charge on any atom is -0.495 e. The lowest BCUT2D eigenvalue weighted by Gasteiger charge is -2.36. The van der Waals surface area contributed by atoms with Gasteiger partial charge in [-0.3, -0.25) is 9.69 Å². The van der Waals surface area contributed by atoms with Crippen LogP contribution in [0.5, 0.6) is 11.5 Å². The number of benzene rings is 2. The van der Waals surface area contributed by atoms with Crippen LogP contribution in [-0.4, -0.2) is 90.4 Å². The Morgan fingerprint density at radius 1 is 0.593 bits per heavy atom. The van der Waals surface area contributed by atoms with E-state index in [1.807, 2.05) is 20.8 Å². The van der Waals surface area contributed by atoms with E-state index in [4.69, 9.17) is 9.47 Å². The van der Waals surface area contributed by atoms with Crippen LogP contribution in [0.15, 0.2) is 112 Å². The molecule has 17 nitrogen and oxygen atoms in total. The molecule has 0 fully saturated rings. The first-order valence-electron chi connectivity index (χ1n) is 26.3. The number of aromatic nitrogens is 6. The van der Waals surface area contributed by atoms with Crippen LogP contribution in [0.1, 0.15) is 135 Å². The maximum Gasteiger partial charge on any atom is 0.330 e. The summed E-state index contributed by atoms with van der Waals surface area (Å²) < 4.78 is 92.5. The number of hydrogen-bond acceptors (Lipinski definition) is 14. The Morgan fingerprint density at radius 3 is 1.43 bits per heavy atom. The highest BCUT2D eigenvalue weighted by molar-refractivity contribution is 9.10. The highest BCUT2D eigenvalue weighted by Crippen LogP contribution is 2.39. The second-order valence-electron chi connectivity index (χ2n) is 19.7. The van der Waals surface area contributed by atoms with Crippen LogP contribution in [-0.2, 0) is 42.4 Å². The number of methoxy groups -OCH3 is 2. The normalized spacial score (nSPS) is 11.3. The molecule has 0 aliphatic rings. The van der Waals surface area contributed by atoms with Gasteiger partial charge in [0.05, 0.1) is 39.9 Å². The number of amides is 3. The van der Waals surface area contributed by atoms with Gasteiger partial charge >= 0.3 is 6.03 Å². The maximum absolute atomic E-state index is 15.4. The van der Waals surface area contributed by atoms with E-state index >= 15 is 4.39 Å². The van der Waals surface area contributed by atoms with Gasteiger partial charge in [-0.25, -0.2) is 65.2 Å². The van der Waals surface area contributed by atoms with Gasteiger partial charge in [0.25, 0.3) is 0 Å². The van der Waals surface area contributed by atoms with Gasteiger partial charge in [-0.05, 0) is 104 Å². The van der Waals surface area contributed by atoms with Crippen LogP contribution < -0.4 is 19.3 Å². The first-order valence-corrected chi connectivity index (χ1v) is 30.4. The number of nitrogens with zero attached hydrogens (tertiary/aromatic N) is 9. The maximum atomic E-state index is 15.4. The first-order chi connectivity index (χ1) is 37.6. The van der Waals surface area contributed by atoms with Crippen molar-refractivity contribution in [3.05, 3.63) is 131 Å². The van der Waals surface area contributed by atoms with E-state index in [-0.39, 0.29) is 92.6 Å². The van der Waals surface area contributed by atoms with Crippen molar-refractivity contribution in [2.75, 3.05) is 31.1 Å². The van der Waals surface area contributed by atoms with E-state index in [0.29, 0.717) is 17.7 Å². The van der Waals surface area contributed by atoms with Crippen molar-refractivity contribution < 1.29 is 44.7 Å². The molecular weight excluding hydrogens is 1180 g/mol. The van der Waals surface area contributed by atoms with E-state index in [2.05, 4.69) is 52.8 Å². The Balaban J connectivity index is 0.000000425. The van der Waals surface area contributed by atoms with Gasteiger partial charge in [-0.2, -0.15) is 19.8 Å². The number of sulfone groups is 2. The van der Waals surface area contributed by atoms with Crippen molar-refractivity contribution in [3.63, 3.8) is 0 Å². The number of carbonyl (C=O) groups is 2. The van der Waals surface area contributed by atoms with E-state index in [0.717, 1.165) is 31.5 Å². The second-order valence-corrected chi connectivity index (χ2v) is 24.5. The molecular formula is C57H78BrF2N9O8P2S2. The van der Waals surface area contributed by atoms with Crippen LogP contribution in [0, 0.1) is 11.6 Å². The lowest BCUT2D eigenvalue weighted by molar-refractivity contribution is -0.117. The van der Waals surface area contributed by atoms with Crippen molar-refractivity contribution in [3.8, 4) is 11.5 Å². The smallest absolute Gasteiger partial charge is 0.330 e. The topological polar surface area (TPSA) is 208 Å². The minimum atomic E-state index is -3.80. The third-order valence-corrected chi connectivity index (χ3v) is 16.7. The van der Waals surface area contributed by atoms with Gasteiger partial charge < -0.3 is 14.4 Å². The molecule has 24 heteroatoms. The van der Waals surface area contributed by atoms with Crippen molar-refractivity contribution in [1.82, 2.24) is 34.8 Å². The molecule has 4 aromatic heterocycles. The molecule has 0 aliphatic heterocycles. The van der Waals surface area contributed by atoms with E-state index in [9.17, 15) is 30.8 Å². The largest absolute Gasteiger partial charge is 0.495 e. The highest BCUT2D eigenvalue weighted by Gasteiger charge is 2.33. The predicted octanol–water partition coefficient (Wildman–Crippen LogP) is 13.2. The van der Waals surface area contributed by atoms with Crippen LogP contribution in [0.4, 0.5) is 36.6 Å². The Bertz CT molecular complexity index is 3160. The average molecular weight is 1260 g/mol. The van der Waals surface area contributed by atoms with Crippen molar-refractivity contribution in [2.45, 2.75) is 151 Å². The Morgan fingerprint density at radius 2 is 1.01 bits per heavy atom. The third-order valence-electron chi connectivity index (χ3n) is 12.9. The fraction of sp³-hybridized carbons (Fsp3) is 0.439. The quantitative estimate of drug-likeness (QED) is 0.0366. The lowest BCUT2D eigenvalue weighted by atomic mass is 10.0. The van der Waals surface area contributed by atoms with Gasteiger partial charge in [0, 0.05) is 68.3 Å². The number of aryl methyl sites for hydroxylation is 1. The number of rotatable bonds is 26. The zero-order chi connectivity index (χ0) is 57.8. The SMILES string of the molecule is CCCCCCCCCCCCCCc1cc(OC)c(N(C(=O)CC)c2ccc(S(=O)(=O)Cc3ncccn3)cn2)cc1F.COc1cc(Br)c(F)cc1N(C(=O)N(C)C(C)(C)C)c1ccc(S(=O)(=O)Cc2ncccn2)cn1.P.P.